The van der Waals surface area contributed by atoms with E-state index < -0.39 is 0 Å². The Hall–Kier alpha value is -1.09. The molecule has 2 rings (SSSR count). The molecule has 1 aliphatic heterocycles. The normalized spacial score (nSPS) is 22.1. The van der Waals surface area contributed by atoms with Crippen molar-refractivity contribution in [1.29, 1.82) is 0 Å². The zero-order chi connectivity index (χ0) is 13.8. The maximum absolute atomic E-state index is 14.3. The number of benzene rings is 1. The predicted molar refractivity (Wildman–Crippen MR) is 79.1 cm³/mol. The number of para-hydroxylation sites is 1. The van der Waals surface area contributed by atoms with E-state index in [9.17, 15) is 4.39 Å². The van der Waals surface area contributed by atoms with E-state index in [0.717, 1.165) is 43.1 Å². The molecule has 19 heavy (non-hydrogen) atoms. The van der Waals surface area contributed by atoms with Crippen molar-refractivity contribution in [3.8, 4) is 0 Å². The van der Waals surface area contributed by atoms with Crippen LogP contribution in [0.15, 0.2) is 18.2 Å². The van der Waals surface area contributed by atoms with Crippen molar-refractivity contribution < 1.29 is 4.39 Å². The fourth-order valence-corrected chi connectivity index (χ4v) is 2.86. The van der Waals surface area contributed by atoms with E-state index in [1.165, 1.54) is 6.42 Å². The molecule has 2 atom stereocenters. The van der Waals surface area contributed by atoms with Crippen LogP contribution < -0.4 is 10.2 Å². The third-order valence-electron chi connectivity index (χ3n) is 4.25. The average Bonchev–Trinajstić information content (AvgIpc) is 2.62. The van der Waals surface area contributed by atoms with Crippen LogP contribution in [0.1, 0.15) is 44.7 Å². The van der Waals surface area contributed by atoms with E-state index in [4.69, 9.17) is 0 Å². The summed E-state index contributed by atoms with van der Waals surface area (Å²) in [6.07, 6.45) is 3.56. The van der Waals surface area contributed by atoms with E-state index in [0.29, 0.717) is 0 Å². The third-order valence-corrected chi connectivity index (χ3v) is 4.25. The molecule has 0 saturated carbocycles. The molecule has 1 heterocycles. The van der Waals surface area contributed by atoms with Gasteiger partial charge in [0.05, 0.1) is 5.69 Å². The highest BCUT2D eigenvalue weighted by Crippen LogP contribution is 2.31. The molecule has 0 amide bonds. The Balaban J connectivity index is 2.31. The molecule has 1 aliphatic rings. The van der Waals surface area contributed by atoms with Gasteiger partial charge in [0.15, 0.2) is 0 Å². The van der Waals surface area contributed by atoms with Crippen LogP contribution in [0.2, 0.25) is 0 Å². The van der Waals surface area contributed by atoms with Gasteiger partial charge < -0.3 is 10.2 Å². The largest absolute Gasteiger partial charge is 0.369 e. The Bertz CT molecular complexity index is 419. The molecule has 0 radical (unpaired) electrons. The van der Waals surface area contributed by atoms with Gasteiger partial charge in [-0.05, 0) is 50.8 Å². The molecular formula is C16H25FN2. The molecule has 1 aromatic rings. The van der Waals surface area contributed by atoms with Crippen molar-refractivity contribution in [1.82, 2.24) is 5.32 Å². The number of rotatable bonds is 3. The third kappa shape index (κ3) is 3.27. The van der Waals surface area contributed by atoms with Gasteiger partial charge in [-0.15, -0.1) is 0 Å². The number of nitrogens with one attached hydrogen (secondary N) is 1. The van der Waals surface area contributed by atoms with Crippen molar-refractivity contribution >= 4 is 5.69 Å². The molecule has 1 aromatic carbocycles. The van der Waals surface area contributed by atoms with Crippen LogP contribution in [0.4, 0.5) is 10.1 Å². The summed E-state index contributed by atoms with van der Waals surface area (Å²) in [5.74, 6) is 0.663. The Morgan fingerprint density at radius 3 is 2.84 bits per heavy atom. The van der Waals surface area contributed by atoms with Crippen LogP contribution in [0.5, 0.6) is 0 Å². The van der Waals surface area contributed by atoms with Gasteiger partial charge in [-0.25, -0.2) is 4.39 Å². The second-order valence-corrected chi connectivity index (χ2v) is 5.71. The highest BCUT2D eigenvalue weighted by Gasteiger charge is 2.21. The Labute approximate surface area is 116 Å². The molecule has 1 saturated heterocycles. The molecule has 1 fully saturated rings. The van der Waals surface area contributed by atoms with Crippen molar-refractivity contribution in [3.05, 3.63) is 29.6 Å². The number of anilines is 1. The first-order valence-electron chi connectivity index (χ1n) is 7.34. The van der Waals surface area contributed by atoms with E-state index >= 15 is 0 Å². The monoisotopic (exact) mass is 264 g/mol. The van der Waals surface area contributed by atoms with E-state index in [1.807, 2.05) is 19.2 Å². The van der Waals surface area contributed by atoms with E-state index in [2.05, 4.69) is 24.1 Å². The topological polar surface area (TPSA) is 15.3 Å². The summed E-state index contributed by atoms with van der Waals surface area (Å²) in [5, 5.41) is 3.22. The van der Waals surface area contributed by atoms with Crippen molar-refractivity contribution in [3.63, 3.8) is 0 Å². The van der Waals surface area contributed by atoms with Crippen LogP contribution >= 0.6 is 0 Å². The highest BCUT2D eigenvalue weighted by molar-refractivity contribution is 5.56. The molecule has 3 heteroatoms. The van der Waals surface area contributed by atoms with Crippen LogP contribution in [0.25, 0.3) is 0 Å². The Morgan fingerprint density at radius 1 is 1.32 bits per heavy atom. The lowest BCUT2D eigenvalue weighted by Gasteiger charge is -2.28. The minimum absolute atomic E-state index is 0.0887. The summed E-state index contributed by atoms with van der Waals surface area (Å²) in [4.78, 5) is 2.24. The first-order chi connectivity index (χ1) is 9.13. The summed E-state index contributed by atoms with van der Waals surface area (Å²) in [6.45, 7) is 6.31. The number of halogens is 1. The molecule has 2 nitrogen and oxygen atoms in total. The summed E-state index contributed by atoms with van der Waals surface area (Å²) in [6, 6.07) is 5.60. The second kappa shape index (κ2) is 6.38. The number of hydrogen-bond donors (Lipinski definition) is 1. The summed E-state index contributed by atoms with van der Waals surface area (Å²) in [7, 11) is 1.92. The predicted octanol–water partition coefficient (Wildman–Crippen LogP) is 3.73. The molecular weight excluding hydrogens is 239 g/mol. The van der Waals surface area contributed by atoms with Crippen molar-refractivity contribution in [2.75, 3.05) is 25.0 Å². The smallest absolute Gasteiger partial charge is 0.146 e. The fraction of sp³-hybridized carbons (Fsp3) is 0.625. The van der Waals surface area contributed by atoms with Crippen LogP contribution in [-0.4, -0.2) is 20.1 Å². The van der Waals surface area contributed by atoms with Crippen LogP contribution in [0.3, 0.4) is 0 Å². The zero-order valence-corrected chi connectivity index (χ0v) is 12.2. The van der Waals surface area contributed by atoms with Gasteiger partial charge in [0.25, 0.3) is 0 Å². The number of hydrogen-bond acceptors (Lipinski definition) is 2. The molecule has 0 spiro atoms. The van der Waals surface area contributed by atoms with Crippen LogP contribution in [0, 0.1) is 11.7 Å². The Kier molecular flexibility index (Phi) is 4.81. The summed E-state index contributed by atoms with van der Waals surface area (Å²) in [5.41, 5.74) is 1.87. The van der Waals surface area contributed by atoms with E-state index in [-0.39, 0.29) is 11.9 Å². The summed E-state index contributed by atoms with van der Waals surface area (Å²) < 4.78 is 14.3. The maximum Gasteiger partial charge on any atom is 0.146 e. The van der Waals surface area contributed by atoms with Gasteiger partial charge in [-0.1, -0.05) is 19.1 Å². The average molecular weight is 264 g/mol. The second-order valence-electron chi connectivity index (χ2n) is 5.71. The number of nitrogens with zero attached hydrogens (tertiary/aromatic N) is 1. The minimum Gasteiger partial charge on any atom is -0.369 e. The van der Waals surface area contributed by atoms with Gasteiger partial charge in [0, 0.05) is 19.1 Å². The van der Waals surface area contributed by atoms with Gasteiger partial charge in [0.2, 0.25) is 0 Å². The van der Waals surface area contributed by atoms with Crippen molar-refractivity contribution in [2.24, 2.45) is 5.92 Å². The fourth-order valence-electron chi connectivity index (χ4n) is 2.86. The first kappa shape index (κ1) is 14.3. The Morgan fingerprint density at radius 2 is 2.11 bits per heavy atom. The molecule has 0 aromatic heterocycles. The summed E-state index contributed by atoms with van der Waals surface area (Å²) >= 11 is 0. The lowest BCUT2D eigenvalue weighted by Crippen LogP contribution is -2.28. The lowest BCUT2D eigenvalue weighted by atomic mass is 10.0. The minimum atomic E-state index is -0.0887. The van der Waals surface area contributed by atoms with Gasteiger partial charge in [-0.3, -0.25) is 0 Å². The molecule has 0 aliphatic carbocycles. The van der Waals surface area contributed by atoms with E-state index in [1.54, 1.807) is 6.07 Å². The molecule has 2 unspecified atom stereocenters. The quantitative estimate of drug-likeness (QED) is 0.895. The highest BCUT2D eigenvalue weighted by atomic mass is 19.1. The first-order valence-corrected chi connectivity index (χ1v) is 7.34. The zero-order valence-electron chi connectivity index (χ0n) is 12.2. The maximum atomic E-state index is 14.3. The lowest BCUT2D eigenvalue weighted by molar-refractivity contribution is 0.520. The standard InChI is InChI=1S/C16H25FN2/c1-12-6-5-10-19(11-9-12)16-14(13(2)18-3)7-4-8-15(16)17/h4,7-8,12-13,18H,5-6,9-11H2,1-3H3. The van der Waals surface area contributed by atoms with Crippen LogP contribution in [-0.2, 0) is 0 Å². The molecule has 1 N–H and O–H groups in total. The van der Waals surface area contributed by atoms with Gasteiger partial charge in [-0.2, -0.15) is 0 Å². The SMILES string of the molecule is CNC(C)c1cccc(F)c1N1CCCC(C)CC1. The molecule has 106 valence electrons. The molecule has 0 bridgehead atoms. The van der Waals surface area contributed by atoms with Crippen molar-refractivity contribution in [2.45, 2.75) is 39.2 Å². The van der Waals surface area contributed by atoms with Gasteiger partial charge >= 0.3 is 0 Å². The van der Waals surface area contributed by atoms with Gasteiger partial charge in [0.1, 0.15) is 5.82 Å².